The molecule has 0 fully saturated rings. The maximum Gasteiger partial charge on any atom is 0.416 e. The molecule has 0 radical (unpaired) electrons. The van der Waals surface area contributed by atoms with Crippen LogP contribution in [0.4, 0.5) is 26.3 Å². The third-order valence-electron chi connectivity index (χ3n) is 8.51. The number of halogens is 6. The summed E-state index contributed by atoms with van der Waals surface area (Å²) >= 11 is 0. The summed E-state index contributed by atoms with van der Waals surface area (Å²) in [5.74, 6) is -2.06. The van der Waals surface area contributed by atoms with Gasteiger partial charge in [-0.05, 0) is 68.7 Å². The Hall–Kier alpha value is -3.09. The number of likely N-dealkylation sites (N-methyl/N-ethyl adjacent to an activating group) is 2. The van der Waals surface area contributed by atoms with Crippen LogP contribution in [0, 0.1) is 11.3 Å². The van der Waals surface area contributed by atoms with Crippen LogP contribution in [0.1, 0.15) is 78.5 Å². The largest absolute Gasteiger partial charge is 0.463 e. The van der Waals surface area contributed by atoms with Crippen molar-refractivity contribution in [3.8, 4) is 0 Å². The Morgan fingerprint density at radius 2 is 1.41 bits per heavy atom. The first-order chi connectivity index (χ1) is 19.9. The number of hydrogen-bond donors (Lipinski definition) is 1. The molecular formula is C31H45F6N3O4. The highest BCUT2D eigenvalue weighted by atomic mass is 19.4. The van der Waals surface area contributed by atoms with E-state index in [4.69, 9.17) is 10.5 Å². The lowest BCUT2D eigenvalue weighted by molar-refractivity contribution is -0.161. The molecule has 0 saturated heterocycles. The summed E-state index contributed by atoms with van der Waals surface area (Å²) in [6.07, 6.45) is -8.75. The maximum atomic E-state index is 14.3. The van der Waals surface area contributed by atoms with E-state index < -0.39 is 76.3 Å². The van der Waals surface area contributed by atoms with Crippen LogP contribution >= 0.6 is 0 Å². The topological polar surface area (TPSA) is 92.9 Å². The van der Waals surface area contributed by atoms with E-state index in [-0.39, 0.29) is 24.2 Å². The minimum Gasteiger partial charge on any atom is -0.463 e. The second-order valence-corrected chi connectivity index (χ2v) is 12.2. The predicted octanol–water partition coefficient (Wildman–Crippen LogP) is 6.24. The fourth-order valence-electron chi connectivity index (χ4n) is 4.98. The zero-order valence-electron chi connectivity index (χ0n) is 27.0. The van der Waals surface area contributed by atoms with Crippen molar-refractivity contribution in [3.05, 3.63) is 46.5 Å². The van der Waals surface area contributed by atoms with Gasteiger partial charge in [-0.1, -0.05) is 40.7 Å². The van der Waals surface area contributed by atoms with Crippen molar-refractivity contribution in [1.82, 2.24) is 9.80 Å². The van der Waals surface area contributed by atoms with Crippen LogP contribution in [0.15, 0.2) is 29.8 Å². The SMILES string of the molecule is CCOC(=O)/C(C)=C/[C@H](C(C)C)N(C)C(=O)[C@@](C)(N(C)C(=O)[C@H](N)Cc1cc(C(F)(F)F)cc(C(F)(F)F)c1)C(C)(C)CC. The molecule has 1 rings (SSSR count). The lowest BCUT2D eigenvalue weighted by Gasteiger charge is -2.51. The molecule has 7 nitrogen and oxygen atoms in total. The minimum atomic E-state index is -5.06. The van der Waals surface area contributed by atoms with Crippen LogP contribution < -0.4 is 5.73 Å². The Morgan fingerprint density at radius 1 is 0.932 bits per heavy atom. The summed E-state index contributed by atoms with van der Waals surface area (Å²) in [6, 6.07) is -1.10. The van der Waals surface area contributed by atoms with E-state index in [1.165, 1.54) is 19.0 Å². The van der Waals surface area contributed by atoms with Crippen molar-refractivity contribution in [3.63, 3.8) is 0 Å². The van der Waals surface area contributed by atoms with Gasteiger partial charge in [-0.25, -0.2) is 4.79 Å². The number of carbonyl (C=O) groups is 3. The number of esters is 1. The number of amides is 2. The van der Waals surface area contributed by atoms with Gasteiger partial charge < -0.3 is 20.3 Å². The molecular weight excluding hydrogens is 592 g/mol. The molecule has 2 N–H and O–H groups in total. The van der Waals surface area contributed by atoms with E-state index >= 15 is 0 Å². The normalized spacial score (nSPS) is 15.8. The van der Waals surface area contributed by atoms with Gasteiger partial charge in [0.15, 0.2) is 0 Å². The average molecular weight is 638 g/mol. The van der Waals surface area contributed by atoms with Crippen molar-refractivity contribution >= 4 is 17.8 Å². The van der Waals surface area contributed by atoms with Crippen molar-refractivity contribution < 1.29 is 45.5 Å². The molecule has 2 amide bonds. The van der Waals surface area contributed by atoms with Crippen LogP contribution in [-0.4, -0.2) is 65.9 Å². The van der Waals surface area contributed by atoms with Gasteiger partial charge in [-0.15, -0.1) is 0 Å². The summed E-state index contributed by atoms with van der Waals surface area (Å²) in [5, 5.41) is 0. The second-order valence-electron chi connectivity index (χ2n) is 12.2. The van der Waals surface area contributed by atoms with Crippen LogP contribution in [0.2, 0.25) is 0 Å². The predicted molar refractivity (Wildman–Crippen MR) is 155 cm³/mol. The molecule has 0 saturated carbocycles. The van der Waals surface area contributed by atoms with Gasteiger partial charge in [0.2, 0.25) is 11.8 Å². The molecule has 0 aliphatic heterocycles. The third kappa shape index (κ3) is 8.76. The Balaban J connectivity index is 3.57. The van der Waals surface area contributed by atoms with Gasteiger partial charge in [0.1, 0.15) is 5.54 Å². The number of alkyl halides is 6. The molecule has 0 unspecified atom stereocenters. The zero-order chi connectivity index (χ0) is 34.6. The van der Waals surface area contributed by atoms with Gasteiger partial charge >= 0.3 is 18.3 Å². The van der Waals surface area contributed by atoms with Crippen molar-refractivity contribution in [2.24, 2.45) is 17.1 Å². The van der Waals surface area contributed by atoms with Crippen molar-refractivity contribution in [2.75, 3.05) is 20.7 Å². The van der Waals surface area contributed by atoms with E-state index in [9.17, 15) is 40.7 Å². The van der Waals surface area contributed by atoms with Gasteiger partial charge in [-0.3, -0.25) is 9.59 Å². The smallest absolute Gasteiger partial charge is 0.416 e. The molecule has 0 aliphatic rings. The van der Waals surface area contributed by atoms with Crippen LogP contribution in [-0.2, 0) is 37.9 Å². The molecule has 0 aliphatic carbocycles. The molecule has 1 aromatic rings. The monoisotopic (exact) mass is 637 g/mol. The summed E-state index contributed by atoms with van der Waals surface area (Å²) in [4.78, 5) is 42.9. The highest BCUT2D eigenvalue weighted by Gasteiger charge is 2.53. The Bertz CT molecular complexity index is 1190. The summed E-state index contributed by atoms with van der Waals surface area (Å²) in [6.45, 7) is 14.0. The molecule has 44 heavy (non-hydrogen) atoms. The molecule has 0 aromatic heterocycles. The molecule has 0 bridgehead atoms. The second kappa shape index (κ2) is 14.3. The minimum absolute atomic E-state index is 0.00155. The van der Waals surface area contributed by atoms with E-state index in [1.54, 1.807) is 40.7 Å². The number of hydrogen-bond acceptors (Lipinski definition) is 5. The Labute approximate surface area is 255 Å². The number of nitrogens with two attached hydrogens (primary N) is 1. The van der Waals surface area contributed by atoms with Crippen molar-refractivity contribution in [2.45, 2.75) is 98.2 Å². The third-order valence-corrected chi connectivity index (χ3v) is 8.51. The molecule has 0 heterocycles. The quantitative estimate of drug-likeness (QED) is 0.167. The lowest BCUT2D eigenvalue weighted by Crippen LogP contribution is -2.67. The molecule has 3 atom stereocenters. The first-order valence-corrected chi connectivity index (χ1v) is 14.3. The van der Waals surface area contributed by atoms with Gasteiger partial charge in [-0.2, -0.15) is 26.3 Å². The zero-order valence-corrected chi connectivity index (χ0v) is 27.0. The highest BCUT2D eigenvalue weighted by Crippen LogP contribution is 2.41. The van der Waals surface area contributed by atoms with Crippen LogP contribution in [0.25, 0.3) is 0 Å². The van der Waals surface area contributed by atoms with Gasteiger partial charge in [0.05, 0.1) is 29.8 Å². The molecule has 250 valence electrons. The Morgan fingerprint density at radius 3 is 1.80 bits per heavy atom. The average Bonchev–Trinajstić information content (AvgIpc) is 2.92. The maximum absolute atomic E-state index is 14.3. The van der Waals surface area contributed by atoms with E-state index in [2.05, 4.69) is 0 Å². The number of carbonyl (C=O) groups excluding carboxylic acids is 3. The fraction of sp³-hybridized carbons (Fsp3) is 0.645. The Kier molecular flexibility index (Phi) is 12.7. The molecule has 13 heteroatoms. The standard InChI is InChI=1S/C31H45F6N3O4/c1-11-28(6,7)29(8,27(43)39(9)24(18(3)4)13-19(5)26(42)44-12-2)40(10)25(41)23(38)16-20-14-21(30(32,33)34)17-22(15-20)31(35,36)37/h13-15,17-18,23-24H,11-12,16,38H2,1-10H3/b19-13+/t23-,24-,29-/m1/s1. The number of benzene rings is 1. The summed E-state index contributed by atoms with van der Waals surface area (Å²) in [7, 11) is 2.87. The first kappa shape index (κ1) is 38.9. The van der Waals surface area contributed by atoms with Crippen LogP contribution in [0.5, 0.6) is 0 Å². The van der Waals surface area contributed by atoms with Gasteiger partial charge in [0.25, 0.3) is 0 Å². The number of nitrogens with zero attached hydrogens (tertiary/aromatic N) is 2. The summed E-state index contributed by atoms with van der Waals surface area (Å²) in [5.41, 5.74) is 0.480. The first-order valence-electron chi connectivity index (χ1n) is 14.3. The van der Waals surface area contributed by atoms with E-state index in [0.717, 1.165) is 4.90 Å². The highest BCUT2D eigenvalue weighted by molar-refractivity contribution is 5.94. The fourth-order valence-corrected chi connectivity index (χ4v) is 4.98. The number of rotatable bonds is 12. The molecule has 1 aromatic carbocycles. The van der Waals surface area contributed by atoms with Gasteiger partial charge in [0, 0.05) is 19.7 Å². The summed E-state index contributed by atoms with van der Waals surface area (Å²) < 4.78 is 85.4. The lowest BCUT2D eigenvalue weighted by atomic mass is 9.69. The van der Waals surface area contributed by atoms with E-state index in [1.807, 2.05) is 20.8 Å². The number of ether oxygens (including phenoxy) is 1. The molecule has 0 spiro atoms. The van der Waals surface area contributed by atoms with E-state index in [0.29, 0.717) is 18.6 Å². The van der Waals surface area contributed by atoms with Crippen LogP contribution in [0.3, 0.4) is 0 Å². The van der Waals surface area contributed by atoms with Crippen molar-refractivity contribution in [1.29, 1.82) is 0 Å².